The first kappa shape index (κ1) is 22.9. The molecule has 0 atom stereocenters. The smallest absolute Gasteiger partial charge is 0.308 e. The van der Waals surface area contributed by atoms with E-state index in [0.717, 1.165) is 16.7 Å². The number of nitrogens with zero attached hydrogens (tertiary/aromatic N) is 2. The fraction of sp³-hybridized carbons (Fsp3) is 0.364. The van der Waals surface area contributed by atoms with Gasteiger partial charge in [-0.3, -0.25) is 15.0 Å². The van der Waals surface area contributed by atoms with Gasteiger partial charge in [0.2, 0.25) is 15.9 Å². The number of amides is 3. The highest BCUT2D eigenvalue weighted by atomic mass is 32.2. The number of sulfonamides is 1. The van der Waals surface area contributed by atoms with Crippen molar-refractivity contribution in [3.63, 3.8) is 0 Å². The van der Waals surface area contributed by atoms with Gasteiger partial charge in [-0.2, -0.15) is 4.31 Å². The Balaban J connectivity index is 1.53. The molecule has 1 aliphatic rings. The number of carbonyl (C=O) groups is 2. The van der Waals surface area contributed by atoms with E-state index in [0.29, 0.717) is 36.8 Å². The van der Waals surface area contributed by atoms with Crippen molar-refractivity contribution in [3.05, 3.63) is 59.2 Å². The third-order valence-electron chi connectivity index (χ3n) is 5.19. The molecule has 1 fully saturated rings. The van der Waals surface area contributed by atoms with Crippen LogP contribution in [0, 0.1) is 20.8 Å². The summed E-state index contributed by atoms with van der Waals surface area (Å²) in [7, 11) is -3.60. The second kappa shape index (κ2) is 9.59. The molecule has 166 valence electrons. The molecule has 1 aliphatic heterocycles. The molecular weight excluding hydrogens is 416 g/mol. The molecule has 0 aliphatic carbocycles. The number of imide groups is 1. The molecule has 0 saturated carbocycles. The van der Waals surface area contributed by atoms with Gasteiger partial charge >= 0.3 is 6.03 Å². The van der Waals surface area contributed by atoms with Gasteiger partial charge in [0.25, 0.3) is 0 Å². The highest BCUT2D eigenvalue weighted by Gasteiger charge is 2.31. The number of anilines is 1. The molecule has 0 unspecified atom stereocenters. The van der Waals surface area contributed by atoms with E-state index in [9.17, 15) is 18.0 Å². The zero-order chi connectivity index (χ0) is 22.6. The molecule has 31 heavy (non-hydrogen) atoms. The van der Waals surface area contributed by atoms with Crippen LogP contribution in [0.25, 0.3) is 0 Å². The van der Waals surface area contributed by atoms with Gasteiger partial charge in [0.05, 0.1) is 11.4 Å². The van der Waals surface area contributed by atoms with Crippen LogP contribution in [0.15, 0.2) is 47.4 Å². The van der Waals surface area contributed by atoms with Crippen LogP contribution in [0.3, 0.4) is 0 Å². The van der Waals surface area contributed by atoms with Crippen molar-refractivity contribution in [3.8, 4) is 0 Å². The van der Waals surface area contributed by atoms with Crippen LogP contribution in [0.1, 0.15) is 16.7 Å². The van der Waals surface area contributed by atoms with Gasteiger partial charge < -0.3 is 5.32 Å². The predicted octanol–water partition coefficient (Wildman–Crippen LogP) is 2.27. The van der Waals surface area contributed by atoms with E-state index in [2.05, 4.69) is 10.6 Å². The lowest BCUT2D eigenvalue weighted by molar-refractivity contribution is -0.121. The number of urea groups is 1. The highest BCUT2D eigenvalue weighted by molar-refractivity contribution is 7.89. The molecule has 0 spiro atoms. The lowest BCUT2D eigenvalue weighted by Gasteiger charge is -2.34. The lowest BCUT2D eigenvalue weighted by atomic mass is 10.1. The van der Waals surface area contributed by atoms with Crippen molar-refractivity contribution < 1.29 is 18.0 Å². The third-order valence-corrected chi connectivity index (χ3v) is 7.39. The van der Waals surface area contributed by atoms with Crippen molar-refractivity contribution >= 4 is 27.6 Å². The van der Waals surface area contributed by atoms with Crippen LogP contribution in [0.2, 0.25) is 0 Å². The van der Waals surface area contributed by atoms with Crippen molar-refractivity contribution in [2.45, 2.75) is 25.7 Å². The summed E-state index contributed by atoms with van der Waals surface area (Å²) in [5.41, 5.74) is 3.10. The SMILES string of the molecule is Cc1cc(C)c(S(=O)(=O)N2CCN(CC(=O)NC(=O)Nc3ccccc3)CC2)c(C)c1. The molecule has 9 heteroatoms. The summed E-state index contributed by atoms with van der Waals surface area (Å²) >= 11 is 0. The molecule has 3 amide bonds. The second-order valence-corrected chi connectivity index (χ2v) is 9.65. The summed E-state index contributed by atoms with van der Waals surface area (Å²) in [4.78, 5) is 26.3. The topological polar surface area (TPSA) is 98.8 Å². The van der Waals surface area contributed by atoms with Crippen LogP contribution in [-0.4, -0.2) is 62.3 Å². The van der Waals surface area contributed by atoms with E-state index in [4.69, 9.17) is 0 Å². The van der Waals surface area contributed by atoms with E-state index >= 15 is 0 Å². The first-order chi connectivity index (χ1) is 14.7. The minimum atomic E-state index is -3.60. The van der Waals surface area contributed by atoms with E-state index in [1.165, 1.54) is 4.31 Å². The van der Waals surface area contributed by atoms with Crippen LogP contribution < -0.4 is 10.6 Å². The van der Waals surface area contributed by atoms with E-state index in [-0.39, 0.29) is 6.54 Å². The standard InChI is InChI=1S/C22H28N4O4S/c1-16-13-17(2)21(18(3)14-16)31(29,30)26-11-9-25(10-12-26)15-20(27)24-22(28)23-19-7-5-4-6-8-19/h4-8,13-14H,9-12,15H2,1-3H3,(H2,23,24,27,28). The molecular formula is C22H28N4O4S. The van der Waals surface area contributed by atoms with Crippen LogP contribution in [0.5, 0.6) is 0 Å². The summed E-state index contributed by atoms with van der Waals surface area (Å²) in [5, 5.41) is 4.89. The van der Waals surface area contributed by atoms with Gasteiger partial charge in [-0.25, -0.2) is 13.2 Å². The summed E-state index contributed by atoms with van der Waals surface area (Å²) in [6.45, 7) is 7.01. The van der Waals surface area contributed by atoms with Gasteiger partial charge in [-0.05, 0) is 44.0 Å². The van der Waals surface area contributed by atoms with Crippen LogP contribution in [0.4, 0.5) is 10.5 Å². The average Bonchev–Trinajstić information content (AvgIpc) is 2.68. The predicted molar refractivity (Wildman–Crippen MR) is 119 cm³/mol. The molecule has 2 aromatic carbocycles. The zero-order valence-corrected chi connectivity index (χ0v) is 18.8. The minimum Gasteiger partial charge on any atom is -0.308 e. The van der Waals surface area contributed by atoms with Gasteiger partial charge in [0.15, 0.2) is 0 Å². The maximum Gasteiger partial charge on any atom is 0.325 e. The highest BCUT2D eigenvalue weighted by Crippen LogP contribution is 2.26. The number of para-hydroxylation sites is 1. The van der Waals surface area contributed by atoms with E-state index in [1.807, 2.05) is 43.9 Å². The molecule has 0 radical (unpaired) electrons. The maximum absolute atomic E-state index is 13.2. The number of hydrogen-bond donors (Lipinski definition) is 2. The van der Waals surface area contributed by atoms with Crippen molar-refractivity contribution in [2.75, 3.05) is 38.0 Å². The molecule has 0 aromatic heterocycles. The molecule has 2 aromatic rings. The van der Waals surface area contributed by atoms with Gasteiger partial charge in [0, 0.05) is 31.9 Å². The largest absolute Gasteiger partial charge is 0.325 e. The van der Waals surface area contributed by atoms with Crippen LogP contribution >= 0.6 is 0 Å². The van der Waals surface area contributed by atoms with E-state index < -0.39 is 22.0 Å². The molecule has 1 saturated heterocycles. The molecule has 8 nitrogen and oxygen atoms in total. The Kier molecular flexibility index (Phi) is 7.09. The normalized spacial score (nSPS) is 15.5. The molecule has 0 bridgehead atoms. The van der Waals surface area contributed by atoms with Crippen molar-refractivity contribution in [1.82, 2.24) is 14.5 Å². The monoisotopic (exact) mass is 444 g/mol. The summed E-state index contributed by atoms with van der Waals surface area (Å²) in [5.74, 6) is -0.435. The Morgan fingerprint density at radius 1 is 0.935 bits per heavy atom. The van der Waals surface area contributed by atoms with Crippen molar-refractivity contribution in [2.24, 2.45) is 0 Å². The zero-order valence-electron chi connectivity index (χ0n) is 18.0. The Bertz CT molecular complexity index is 1040. The first-order valence-corrected chi connectivity index (χ1v) is 11.6. The molecule has 3 rings (SSSR count). The number of nitrogens with one attached hydrogen (secondary N) is 2. The Morgan fingerprint density at radius 3 is 2.10 bits per heavy atom. The maximum atomic E-state index is 13.2. The van der Waals surface area contributed by atoms with Gasteiger partial charge in [-0.15, -0.1) is 0 Å². The third kappa shape index (κ3) is 5.69. The number of hydrogen-bond acceptors (Lipinski definition) is 5. The second-order valence-electron chi connectivity index (χ2n) is 7.78. The molecule has 1 heterocycles. The summed E-state index contributed by atoms with van der Waals surface area (Å²) < 4.78 is 27.8. The number of rotatable bonds is 5. The fourth-order valence-electron chi connectivity index (χ4n) is 3.88. The fourth-order valence-corrected chi connectivity index (χ4v) is 5.72. The summed E-state index contributed by atoms with van der Waals surface area (Å²) in [6, 6.07) is 12.0. The Hall–Kier alpha value is -2.75. The van der Waals surface area contributed by atoms with E-state index in [1.54, 1.807) is 24.3 Å². The Labute approximate surface area is 183 Å². The van der Waals surface area contributed by atoms with Gasteiger partial charge in [0.1, 0.15) is 0 Å². The number of aryl methyl sites for hydroxylation is 3. The average molecular weight is 445 g/mol. The number of carbonyl (C=O) groups excluding carboxylic acids is 2. The number of piperazine rings is 1. The van der Waals surface area contributed by atoms with Crippen molar-refractivity contribution in [1.29, 1.82) is 0 Å². The first-order valence-electron chi connectivity index (χ1n) is 10.1. The molecule has 2 N–H and O–H groups in total. The van der Waals surface area contributed by atoms with Gasteiger partial charge in [-0.1, -0.05) is 35.9 Å². The minimum absolute atomic E-state index is 0.0265. The lowest BCUT2D eigenvalue weighted by Crippen LogP contribution is -2.51. The quantitative estimate of drug-likeness (QED) is 0.737. The Morgan fingerprint density at radius 2 is 1.52 bits per heavy atom. The summed E-state index contributed by atoms with van der Waals surface area (Å²) in [6.07, 6.45) is 0. The van der Waals surface area contributed by atoms with Crippen LogP contribution in [-0.2, 0) is 14.8 Å². The number of benzene rings is 2.